The van der Waals surface area contributed by atoms with Crippen LogP contribution in [-0.2, 0) is 42.4 Å². The van der Waals surface area contributed by atoms with Gasteiger partial charge in [-0.1, -0.05) is 0 Å². The maximum Gasteiger partial charge on any atom is 0.339 e. The molecular formula is C11H19O9P. The van der Waals surface area contributed by atoms with Crippen LogP contribution in [0.25, 0.3) is 0 Å². The van der Waals surface area contributed by atoms with Gasteiger partial charge < -0.3 is 23.5 Å². The molecule has 122 valence electrons. The van der Waals surface area contributed by atoms with Crippen molar-refractivity contribution in [2.24, 2.45) is 0 Å². The van der Waals surface area contributed by atoms with E-state index < -0.39 is 44.4 Å². The topological polar surface area (TPSA) is 114 Å². The van der Waals surface area contributed by atoms with Gasteiger partial charge in [0.25, 0.3) is 0 Å². The summed E-state index contributed by atoms with van der Waals surface area (Å²) in [6.45, 7) is 0. The zero-order chi connectivity index (χ0) is 16.5. The highest BCUT2D eigenvalue weighted by Crippen LogP contribution is 2.36. The molecule has 0 aliphatic carbocycles. The van der Waals surface area contributed by atoms with Crippen LogP contribution in [0.5, 0.6) is 0 Å². The first-order valence-electron chi connectivity index (χ1n) is 5.78. The van der Waals surface area contributed by atoms with E-state index in [1.165, 1.54) is 7.11 Å². The van der Waals surface area contributed by atoms with Gasteiger partial charge in [0.15, 0.2) is 5.60 Å². The number of esters is 3. The zero-order valence-corrected chi connectivity index (χ0v) is 13.3. The monoisotopic (exact) mass is 326 g/mol. The molecule has 0 spiro atoms. The lowest BCUT2D eigenvalue weighted by molar-refractivity contribution is -0.170. The predicted octanol–water partition coefficient (Wildman–Crippen LogP) is 0.120. The Kier molecular flexibility index (Phi) is 8.84. The van der Waals surface area contributed by atoms with Gasteiger partial charge in [-0.05, 0) is 0 Å². The average molecular weight is 326 g/mol. The van der Waals surface area contributed by atoms with E-state index in [-0.39, 0.29) is 6.35 Å². The molecule has 0 N–H and O–H groups in total. The minimum absolute atomic E-state index is 0.286. The van der Waals surface area contributed by atoms with Gasteiger partial charge in [0.05, 0.1) is 34.2 Å². The Hall–Kier alpha value is -1.44. The molecule has 0 bridgehead atoms. The van der Waals surface area contributed by atoms with Crippen molar-refractivity contribution in [3.8, 4) is 0 Å². The van der Waals surface area contributed by atoms with E-state index in [0.717, 1.165) is 21.3 Å². The number of rotatable bonds is 9. The van der Waals surface area contributed by atoms with Crippen molar-refractivity contribution in [2.45, 2.75) is 18.4 Å². The first-order valence-corrected chi connectivity index (χ1v) is 7.30. The lowest BCUT2D eigenvalue weighted by Crippen LogP contribution is -2.45. The second kappa shape index (κ2) is 9.49. The van der Waals surface area contributed by atoms with Gasteiger partial charge in [-0.2, -0.15) is 0 Å². The van der Waals surface area contributed by atoms with Crippen LogP contribution in [0.3, 0.4) is 0 Å². The van der Waals surface area contributed by atoms with Gasteiger partial charge in [-0.15, -0.1) is 0 Å². The van der Waals surface area contributed by atoms with Crippen LogP contribution >= 0.6 is 8.03 Å². The van der Waals surface area contributed by atoms with E-state index in [2.05, 4.69) is 18.9 Å². The van der Waals surface area contributed by atoms with E-state index in [4.69, 9.17) is 4.52 Å². The molecule has 1 unspecified atom stereocenters. The van der Waals surface area contributed by atoms with E-state index in [9.17, 15) is 18.9 Å². The summed E-state index contributed by atoms with van der Waals surface area (Å²) in [5, 5.41) is 0. The molecule has 0 fully saturated rings. The van der Waals surface area contributed by atoms with Crippen LogP contribution in [0.1, 0.15) is 12.8 Å². The Morgan fingerprint density at radius 2 is 1.38 bits per heavy atom. The summed E-state index contributed by atoms with van der Waals surface area (Å²) in [4.78, 5) is 34.9. The maximum absolute atomic E-state index is 12.0. The quantitative estimate of drug-likeness (QED) is 0.331. The van der Waals surface area contributed by atoms with Crippen molar-refractivity contribution in [2.75, 3.05) is 34.8 Å². The highest BCUT2D eigenvalue weighted by Gasteiger charge is 2.47. The number of methoxy groups -OCH3 is 4. The van der Waals surface area contributed by atoms with Crippen LogP contribution in [0, 0.1) is 0 Å². The van der Waals surface area contributed by atoms with Crippen LogP contribution < -0.4 is 0 Å². The fourth-order valence-corrected chi connectivity index (χ4v) is 2.44. The summed E-state index contributed by atoms with van der Waals surface area (Å²) in [6.07, 6.45) is -1.58. The van der Waals surface area contributed by atoms with Crippen molar-refractivity contribution in [3.63, 3.8) is 0 Å². The van der Waals surface area contributed by atoms with Gasteiger partial charge in [0, 0.05) is 7.11 Å². The van der Waals surface area contributed by atoms with Crippen LogP contribution in [0.2, 0.25) is 0 Å². The summed E-state index contributed by atoms with van der Waals surface area (Å²) in [5.41, 5.74) is -2.08. The van der Waals surface area contributed by atoms with Gasteiger partial charge in [-0.25, -0.2) is 4.79 Å². The van der Waals surface area contributed by atoms with Gasteiger partial charge in [-0.3, -0.25) is 14.2 Å². The molecule has 0 aliphatic heterocycles. The molecule has 0 aliphatic rings. The Balaban J connectivity index is 5.48. The molecule has 10 heteroatoms. The smallest absolute Gasteiger partial charge is 0.339 e. The number of ether oxygens (including phenoxy) is 4. The standard InChI is InChI=1S/C11H19O9P/c1-16-7-21(15)20-11(10(14)19-4,5-8(12)17-2)6-9(13)18-3/h21H,5-7H2,1-4H3. The summed E-state index contributed by atoms with van der Waals surface area (Å²) >= 11 is 0. The van der Waals surface area contributed by atoms with Crippen LogP contribution in [-0.4, -0.2) is 58.3 Å². The number of hydrogen-bond donors (Lipinski definition) is 0. The van der Waals surface area contributed by atoms with Gasteiger partial charge in [0.2, 0.25) is 8.03 Å². The van der Waals surface area contributed by atoms with Crippen molar-refractivity contribution < 1.29 is 42.4 Å². The Bertz CT molecular complexity index is 388. The Morgan fingerprint density at radius 1 is 0.905 bits per heavy atom. The molecule has 0 aromatic rings. The zero-order valence-electron chi connectivity index (χ0n) is 12.3. The normalized spacial score (nSPS) is 12.4. The molecular weight excluding hydrogens is 307 g/mol. The second-order valence-corrected chi connectivity index (χ2v) is 5.14. The molecule has 1 atom stereocenters. The molecule has 0 heterocycles. The molecule has 0 aromatic carbocycles. The molecule has 0 saturated carbocycles. The summed E-state index contributed by atoms with van der Waals surface area (Å²) < 4.78 is 35.0. The van der Waals surface area contributed by atoms with Gasteiger partial charge in [0.1, 0.15) is 6.35 Å². The second-order valence-electron chi connectivity index (χ2n) is 3.90. The van der Waals surface area contributed by atoms with Crippen LogP contribution in [0.4, 0.5) is 0 Å². The summed E-state index contributed by atoms with van der Waals surface area (Å²) in [7, 11) is 1.68. The maximum atomic E-state index is 12.0. The molecule has 21 heavy (non-hydrogen) atoms. The number of carbonyl (C=O) groups excluding carboxylic acids is 3. The highest BCUT2D eigenvalue weighted by atomic mass is 31.1. The Morgan fingerprint density at radius 3 is 1.71 bits per heavy atom. The fourth-order valence-electron chi connectivity index (χ4n) is 1.48. The van der Waals surface area contributed by atoms with E-state index in [1.807, 2.05) is 0 Å². The highest BCUT2D eigenvalue weighted by molar-refractivity contribution is 7.38. The van der Waals surface area contributed by atoms with Crippen molar-refractivity contribution in [1.29, 1.82) is 0 Å². The Labute approximate surface area is 122 Å². The first kappa shape index (κ1) is 19.6. The third-order valence-electron chi connectivity index (χ3n) is 2.44. The lowest BCUT2D eigenvalue weighted by atomic mass is 9.95. The molecule has 9 nitrogen and oxygen atoms in total. The number of hydrogen-bond acceptors (Lipinski definition) is 9. The van der Waals surface area contributed by atoms with Crippen molar-refractivity contribution in [1.82, 2.24) is 0 Å². The van der Waals surface area contributed by atoms with E-state index in [1.54, 1.807) is 0 Å². The summed E-state index contributed by atoms with van der Waals surface area (Å²) in [6, 6.07) is 0. The van der Waals surface area contributed by atoms with E-state index >= 15 is 0 Å². The molecule has 0 rings (SSSR count). The largest absolute Gasteiger partial charge is 0.469 e. The van der Waals surface area contributed by atoms with Crippen LogP contribution in [0.15, 0.2) is 0 Å². The first-order chi connectivity index (χ1) is 9.84. The minimum atomic E-state index is -2.85. The van der Waals surface area contributed by atoms with Crippen molar-refractivity contribution >= 4 is 25.9 Å². The fraction of sp³-hybridized carbons (Fsp3) is 0.727. The van der Waals surface area contributed by atoms with E-state index in [0.29, 0.717) is 0 Å². The molecule has 0 aromatic heterocycles. The number of carbonyl (C=O) groups is 3. The lowest BCUT2D eigenvalue weighted by Gasteiger charge is -2.28. The third-order valence-corrected chi connectivity index (χ3v) is 3.59. The predicted molar refractivity (Wildman–Crippen MR) is 70.0 cm³/mol. The average Bonchev–Trinajstić information content (AvgIpc) is 2.45. The minimum Gasteiger partial charge on any atom is -0.469 e. The molecule has 0 radical (unpaired) electrons. The third kappa shape index (κ3) is 6.24. The molecule has 0 amide bonds. The van der Waals surface area contributed by atoms with Gasteiger partial charge >= 0.3 is 17.9 Å². The summed E-state index contributed by atoms with van der Waals surface area (Å²) in [5.74, 6) is -2.71. The van der Waals surface area contributed by atoms with Crippen molar-refractivity contribution in [3.05, 3.63) is 0 Å². The molecule has 0 saturated heterocycles. The SMILES string of the molecule is COC[PH](=O)OC(CC(=O)OC)(CC(=O)OC)C(=O)OC.